The van der Waals surface area contributed by atoms with Crippen LogP contribution in [0.3, 0.4) is 0 Å². The molecule has 0 unspecified atom stereocenters. The first kappa shape index (κ1) is 16.8. The van der Waals surface area contributed by atoms with E-state index < -0.39 is 0 Å². The van der Waals surface area contributed by atoms with Crippen molar-refractivity contribution in [2.75, 3.05) is 0 Å². The van der Waals surface area contributed by atoms with Gasteiger partial charge in [-0.1, -0.05) is 50.2 Å². The van der Waals surface area contributed by atoms with Gasteiger partial charge in [0.25, 0.3) is 5.91 Å². The van der Waals surface area contributed by atoms with Crippen LogP contribution in [-0.2, 0) is 12.0 Å². The van der Waals surface area contributed by atoms with Crippen LogP contribution in [0.2, 0.25) is 0 Å². The van der Waals surface area contributed by atoms with E-state index in [0.29, 0.717) is 17.3 Å². The zero-order valence-corrected chi connectivity index (χ0v) is 14.5. The summed E-state index contributed by atoms with van der Waals surface area (Å²) < 4.78 is 5.21. The van der Waals surface area contributed by atoms with Crippen molar-refractivity contribution in [2.24, 2.45) is 0 Å². The molecule has 6 nitrogen and oxygen atoms in total. The summed E-state index contributed by atoms with van der Waals surface area (Å²) in [7, 11) is 0. The highest BCUT2D eigenvalue weighted by molar-refractivity contribution is 5.93. The molecule has 0 aliphatic carbocycles. The fraction of sp³-hybridized carbons (Fsp3) is 0.263. The van der Waals surface area contributed by atoms with Crippen LogP contribution in [0.5, 0.6) is 0 Å². The molecule has 3 rings (SSSR count). The average Bonchev–Trinajstić information content (AvgIpc) is 3.09. The summed E-state index contributed by atoms with van der Waals surface area (Å²) >= 11 is 0. The molecule has 128 valence electrons. The Labute approximate surface area is 146 Å². The second-order valence-corrected chi connectivity index (χ2v) is 6.76. The Morgan fingerprint density at radius 3 is 2.56 bits per heavy atom. The number of hydrogen-bond acceptors (Lipinski definition) is 5. The van der Waals surface area contributed by atoms with Gasteiger partial charge in [0.05, 0.1) is 12.1 Å². The Morgan fingerprint density at radius 1 is 1.16 bits per heavy atom. The van der Waals surface area contributed by atoms with Crippen LogP contribution in [0.1, 0.15) is 42.6 Å². The molecular weight excluding hydrogens is 316 g/mol. The van der Waals surface area contributed by atoms with Crippen LogP contribution in [0.25, 0.3) is 11.4 Å². The third kappa shape index (κ3) is 4.09. The quantitative estimate of drug-likeness (QED) is 0.790. The fourth-order valence-corrected chi connectivity index (χ4v) is 2.32. The SMILES string of the molecule is CC(C)(C)c1ccc(-c2noc(CNC(=O)c3cccnc3)n2)cc1. The van der Waals surface area contributed by atoms with Gasteiger partial charge >= 0.3 is 0 Å². The van der Waals surface area contributed by atoms with Crippen LogP contribution >= 0.6 is 0 Å². The molecule has 0 radical (unpaired) electrons. The molecule has 0 saturated heterocycles. The normalized spacial score (nSPS) is 11.3. The van der Waals surface area contributed by atoms with Crippen LogP contribution in [0.4, 0.5) is 0 Å². The Hall–Kier alpha value is -3.02. The van der Waals surface area contributed by atoms with Gasteiger partial charge in [-0.15, -0.1) is 0 Å². The monoisotopic (exact) mass is 336 g/mol. The number of rotatable bonds is 4. The molecule has 0 fully saturated rings. The first-order chi connectivity index (χ1) is 11.9. The third-order valence-electron chi connectivity index (χ3n) is 3.80. The van der Waals surface area contributed by atoms with E-state index in [9.17, 15) is 4.79 Å². The highest BCUT2D eigenvalue weighted by Crippen LogP contribution is 2.24. The zero-order valence-electron chi connectivity index (χ0n) is 14.5. The van der Waals surface area contributed by atoms with Crippen molar-refractivity contribution < 1.29 is 9.32 Å². The lowest BCUT2D eigenvalue weighted by atomic mass is 9.87. The maximum Gasteiger partial charge on any atom is 0.253 e. The number of nitrogens with one attached hydrogen (secondary N) is 1. The van der Waals surface area contributed by atoms with E-state index in [-0.39, 0.29) is 17.9 Å². The Balaban J connectivity index is 1.65. The minimum absolute atomic E-state index is 0.0948. The number of amides is 1. The van der Waals surface area contributed by atoms with Gasteiger partial charge in [-0.25, -0.2) is 0 Å². The van der Waals surface area contributed by atoms with Crippen molar-refractivity contribution in [1.82, 2.24) is 20.4 Å². The molecule has 0 spiro atoms. The lowest BCUT2D eigenvalue weighted by Crippen LogP contribution is -2.22. The van der Waals surface area contributed by atoms with Crippen LogP contribution in [0.15, 0.2) is 53.3 Å². The minimum atomic E-state index is -0.234. The molecule has 0 bridgehead atoms. The van der Waals surface area contributed by atoms with Crippen molar-refractivity contribution >= 4 is 5.91 Å². The molecule has 6 heteroatoms. The topological polar surface area (TPSA) is 80.9 Å². The molecule has 2 aromatic heterocycles. The van der Waals surface area contributed by atoms with E-state index in [1.54, 1.807) is 18.3 Å². The second kappa shape index (κ2) is 6.84. The van der Waals surface area contributed by atoms with E-state index in [0.717, 1.165) is 5.56 Å². The van der Waals surface area contributed by atoms with Gasteiger partial charge in [-0.05, 0) is 23.1 Å². The predicted octanol–water partition coefficient (Wildman–Crippen LogP) is 3.36. The van der Waals surface area contributed by atoms with Crippen molar-refractivity contribution in [3.05, 3.63) is 65.8 Å². The number of nitrogens with zero attached hydrogens (tertiary/aromatic N) is 3. The van der Waals surface area contributed by atoms with E-state index in [4.69, 9.17) is 4.52 Å². The Morgan fingerprint density at radius 2 is 1.92 bits per heavy atom. The molecular formula is C19H20N4O2. The molecule has 0 aliphatic rings. The van der Waals surface area contributed by atoms with Crippen molar-refractivity contribution in [1.29, 1.82) is 0 Å². The number of hydrogen-bond donors (Lipinski definition) is 1. The van der Waals surface area contributed by atoms with Crippen molar-refractivity contribution in [3.8, 4) is 11.4 Å². The summed E-state index contributed by atoms with van der Waals surface area (Å²) in [4.78, 5) is 20.2. The first-order valence-electron chi connectivity index (χ1n) is 8.05. The van der Waals surface area contributed by atoms with E-state index in [2.05, 4.69) is 53.3 Å². The number of pyridine rings is 1. The maximum absolute atomic E-state index is 12.0. The van der Waals surface area contributed by atoms with Gasteiger partial charge in [-0.3, -0.25) is 9.78 Å². The molecule has 1 N–H and O–H groups in total. The predicted molar refractivity (Wildman–Crippen MR) is 93.8 cm³/mol. The van der Waals surface area contributed by atoms with Crippen LogP contribution in [-0.4, -0.2) is 21.0 Å². The number of benzene rings is 1. The summed E-state index contributed by atoms with van der Waals surface area (Å²) in [5.41, 5.74) is 2.70. The summed E-state index contributed by atoms with van der Waals surface area (Å²) in [6.07, 6.45) is 3.12. The smallest absolute Gasteiger partial charge is 0.253 e. The molecule has 25 heavy (non-hydrogen) atoms. The molecule has 0 atom stereocenters. The van der Waals surface area contributed by atoms with Gasteiger partial charge in [-0.2, -0.15) is 4.98 Å². The minimum Gasteiger partial charge on any atom is -0.343 e. The van der Waals surface area contributed by atoms with Crippen molar-refractivity contribution in [2.45, 2.75) is 32.7 Å². The van der Waals surface area contributed by atoms with Gasteiger partial charge in [0, 0.05) is 18.0 Å². The van der Waals surface area contributed by atoms with Gasteiger partial charge in [0.1, 0.15) is 0 Å². The summed E-state index contributed by atoms with van der Waals surface area (Å²) in [5.74, 6) is 0.626. The molecule has 0 saturated carbocycles. The molecule has 1 aromatic carbocycles. The van der Waals surface area contributed by atoms with E-state index in [1.165, 1.54) is 11.8 Å². The zero-order chi connectivity index (χ0) is 17.9. The van der Waals surface area contributed by atoms with E-state index in [1.807, 2.05) is 12.1 Å². The summed E-state index contributed by atoms with van der Waals surface area (Å²) in [5, 5.41) is 6.71. The largest absolute Gasteiger partial charge is 0.343 e. The van der Waals surface area contributed by atoms with Gasteiger partial charge < -0.3 is 9.84 Å². The first-order valence-corrected chi connectivity index (χ1v) is 8.05. The Bertz CT molecular complexity index is 849. The molecule has 3 aromatic rings. The van der Waals surface area contributed by atoms with Crippen LogP contribution < -0.4 is 5.32 Å². The lowest BCUT2D eigenvalue weighted by Gasteiger charge is -2.18. The third-order valence-corrected chi connectivity index (χ3v) is 3.80. The highest BCUT2D eigenvalue weighted by atomic mass is 16.5. The standard InChI is InChI=1S/C19H20N4O2/c1-19(2,3)15-8-6-13(7-9-15)17-22-16(25-23-17)12-21-18(24)14-5-4-10-20-11-14/h4-11H,12H2,1-3H3,(H,21,24). The maximum atomic E-state index is 12.0. The summed E-state index contributed by atoms with van der Waals surface area (Å²) in [6, 6.07) is 11.5. The molecule has 2 heterocycles. The fourth-order valence-electron chi connectivity index (χ4n) is 2.32. The average molecular weight is 336 g/mol. The highest BCUT2D eigenvalue weighted by Gasteiger charge is 2.15. The van der Waals surface area contributed by atoms with Gasteiger partial charge in [0.15, 0.2) is 0 Å². The number of carbonyl (C=O) groups excluding carboxylic acids is 1. The number of carbonyl (C=O) groups is 1. The molecule has 0 aliphatic heterocycles. The second-order valence-electron chi connectivity index (χ2n) is 6.76. The lowest BCUT2D eigenvalue weighted by molar-refractivity contribution is 0.0946. The van der Waals surface area contributed by atoms with Crippen LogP contribution in [0, 0.1) is 0 Å². The van der Waals surface area contributed by atoms with Crippen molar-refractivity contribution in [3.63, 3.8) is 0 Å². The van der Waals surface area contributed by atoms with Gasteiger partial charge in [0.2, 0.25) is 11.7 Å². The van der Waals surface area contributed by atoms with E-state index >= 15 is 0 Å². The summed E-state index contributed by atoms with van der Waals surface area (Å²) in [6.45, 7) is 6.67. The Kier molecular flexibility index (Phi) is 4.61. The molecule has 1 amide bonds. The number of aromatic nitrogens is 3.